The Morgan fingerprint density at radius 3 is 2.52 bits per heavy atom. The van der Waals surface area contributed by atoms with Crippen molar-refractivity contribution in [1.29, 1.82) is 0 Å². The molecular formula is C33H35N9O4. The van der Waals surface area contributed by atoms with E-state index < -0.39 is 5.54 Å². The number of carbonyl (C=O) groups is 1. The van der Waals surface area contributed by atoms with Crippen LogP contribution in [0.25, 0.3) is 28.3 Å². The van der Waals surface area contributed by atoms with Crippen LogP contribution in [-0.2, 0) is 15.1 Å². The summed E-state index contributed by atoms with van der Waals surface area (Å²) in [6.45, 7) is 4.53. The summed E-state index contributed by atoms with van der Waals surface area (Å²) in [7, 11) is 1.66. The Balaban J connectivity index is 1.14. The van der Waals surface area contributed by atoms with E-state index in [4.69, 9.17) is 24.7 Å². The molecule has 1 saturated heterocycles. The van der Waals surface area contributed by atoms with Crippen LogP contribution in [0.1, 0.15) is 25.3 Å². The third-order valence-corrected chi connectivity index (χ3v) is 8.56. The number of piperidine rings is 1. The number of fused-ring (bicyclic) bond motifs is 3. The Morgan fingerprint density at radius 1 is 1.02 bits per heavy atom. The molecule has 0 radical (unpaired) electrons. The molecule has 3 N–H and O–H groups in total. The molecule has 13 heteroatoms. The number of rotatable bonds is 10. The van der Waals surface area contributed by atoms with Gasteiger partial charge in [-0.1, -0.05) is 30.3 Å². The second-order valence-electron chi connectivity index (χ2n) is 11.4. The second-order valence-corrected chi connectivity index (χ2v) is 11.4. The minimum atomic E-state index is -1.24. The monoisotopic (exact) mass is 621 g/mol. The fraction of sp³-hybridized carbons (Fsp3) is 0.303. The molecule has 1 aliphatic rings. The van der Waals surface area contributed by atoms with Crippen molar-refractivity contribution in [2.75, 3.05) is 44.0 Å². The highest BCUT2D eigenvalue weighted by molar-refractivity contribution is 5.94. The summed E-state index contributed by atoms with van der Waals surface area (Å²) < 4.78 is 19.3. The molecule has 0 aliphatic carbocycles. The predicted molar refractivity (Wildman–Crippen MR) is 173 cm³/mol. The number of anilines is 2. The molecule has 46 heavy (non-hydrogen) atoms. The number of aromatic nitrogens is 6. The van der Waals surface area contributed by atoms with Crippen LogP contribution in [-0.4, -0.2) is 74.7 Å². The van der Waals surface area contributed by atoms with E-state index in [2.05, 4.69) is 37.4 Å². The van der Waals surface area contributed by atoms with E-state index in [1.807, 2.05) is 49.4 Å². The van der Waals surface area contributed by atoms with Crippen LogP contribution in [0, 0.1) is 0 Å². The van der Waals surface area contributed by atoms with Gasteiger partial charge in [-0.3, -0.25) is 4.79 Å². The first kappa shape index (κ1) is 29.3. The van der Waals surface area contributed by atoms with E-state index in [-0.39, 0.29) is 17.9 Å². The van der Waals surface area contributed by atoms with Crippen LogP contribution in [0.5, 0.6) is 5.75 Å². The van der Waals surface area contributed by atoms with E-state index in [0.29, 0.717) is 41.5 Å². The predicted octanol–water partition coefficient (Wildman–Crippen LogP) is 3.89. The van der Waals surface area contributed by atoms with Gasteiger partial charge >= 0.3 is 0 Å². The quantitative estimate of drug-likeness (QED) is 0.216. The zero-order valence-electron chi connectivity index (χ0n) is 25.7. The fourth-order valence-corrected chi connectivity index (χ4v) is 5.96. The lowest BCUT2D eigenvalue weighted by atomic mass is 9.90. The van der Waals surface area contributed by atoms with Crippen LogP contribution in [0.3, 0.4) is 0 Å². The summed E-state index contributed by atoms with van der Waals surface area (Å²) in [5.41, 5.74) is 7.93. The second kappa shape index (κ2) is 12.2. The first-order valence-corrected chi connectivity index (χ1v) is 15.2. The summed E-state index contributed by atoms with van der Waals surface area (Å²) >= 11 is 0. The molecule has 0 spiro atoms. The number of furan rings is 1. The summed E-state index contributed by atoms with van der Waals surface area (Å²) in [4.78, 5) is 26.0. The zero-order valence-corrected chi connectivity index (χ0v) is 25.7. The minimum Gasteiger partial charge on any atom is -0.491 e. The third-order valence-electron chi connectivity index (χ3n) is 8.56. The molecule has 7 rings (SSSR count). The maximum Gasteiger partial charge on any atom is 0.252 e. The lowest BCUT2D eigenvalue weighted by Crippen LogP contribution is -2.53. The van der Waals surface area contributed by atoms with Crippen LogP contribution in [0.2, 0.25) is 0 Å². The topological polar surface area (TPSA) is 151 Å². The van der Waals surface area contributed by atoms with Crippen molar-refractivity contribution in [3.8, 4) is 17.3 Å². The number of nitrogens with two attached hydrogens (primary N) is 1. The molecule has 13 nitrogen and oxygen atoms in total. The van der Waals surface area contributed by atoms with Gasteiger partial charge in [-0.2, -0.15) is 14.6 Å². The number of hydrogen-bond acceptors (Lipinski definition) is 10. The third kappa shape index (κ3) is 5.28. The number of benzene rings is 2. The standard InChI is InChI=1S/C33H35N9O4/c1-33(22-7-4-3-5-8-22,31(43)36-23-14-16-40(17-15-23)24-10-12-25(13-11-24)45-20-19-44-2)42-30-26(21-35-42)29-37-28(27-9-6-18-46-27)39-41(29)32(34)38-30/h3-13,18,21,23H,14-17,19-20H2,1-2H3,(H2,34,38)(H,36,43). The first-order valence-electron chi connectivity index (χ1n) is 15.2. The molecule has 5 heterocycles. The highest BCUT2D eigenvalue weighted by Crippen LogP contribution is 2.32. The molecule has 236 valence electrons. The number of nitrogens with one attached hydrogen (secondary N) is 1. The Kier molecular flexibility index (Phi) is 7.74. The highest BCUT2D eigenvalue weighted by Gasteiger charge is 2.41. The molecule has 4 aromatic heterocycles. The van der Waals surface area contributed by atoms with E-state index in [1.165, 1.54) is 4.52 Å². The van der Waals surface area contributed by atoms with Crippen molar-refractivity contribution >= 4 is 34.2 Å². The van der Waals surface area contributed by atoms with Crippen molar-refractivity contribution in [2.45, 2.75) is 31.3 Å². The number of nitrogens with zero attached hydrogens (tertiary/aromatic N) is 7. The lowest BCUT2D eigenvalue weighted by molar-refractivity contribution is -0.128. The van der Waals surface area contributed by atoms with E-state index in [9.17, 15) is 4.79 Å². The van der Waals surface area contributed by atoms with Gasteiger partial charge in [-0.05, 0) is 61.7 Å². The van der Waals surface area contributed by atoms with Gasteiger partial charge in [0.15, 0.2) is 22.6 Å². The molecule has 0 bridgehead atoms. The summed E-state index contributed by atoms with van der Waals surface area (Å²) in [6.07, 6.45) is 4.80. The molecule has 0 saturated carbocycles. The molecule has 1 fully saturated rings. The molecule has 1 aliphatic heterocycles. The van der Waals surface area contributed by atoms with E-state index in [0.717, 1.165) is 42.9 Å². The Hall–Kier alpha value is -5.43. The molecule has 1 atom stereocenters. The van der Waals surface area contributed by atoms with Crippen molar-refractivity contribution < 1.29 is 18.7 Å². The number of carbonyl (C=O) groups excluding carboxylic acids is 1. The van der Waals surface area contributed by atoms with Crippen molar-refractivity contribution in [3.05, 3.63) is 84.8 Å². The maximum atomic E-state index is 14.4. The van der Waals surface area contributed by atoms with Crippen molar-refractivity contribution in [1.82, 2.24) is 34.7 Å². The van der Waals surface area contributed by atoms with Crippen molar-refractivity contribution in [2.24, 2.45) is 0 Å². The number of hydrogen-bond donors (Lipinski definition) is 2. The Labute approximate surface area is 264 Å². The summed E-state index contributed by atoms with van der Waals surface area (Å²) in [5, 5.41) is 13.1. The van der Waals surface area contributed by atoms with Crippen LogP contribution >= 0.6 is 0 Å². The van der Waals surface area contributed by atoms with Gasteiger partial charge in [-0.25, -0.2) is 9.67 Å². The average Bonchev–Trinajstić information content (AvgIpc) is 3.86. The first-order chi connectivity index (χ1) is 22.5. The Bertz CT molecular complexity index is 1950. The van der Waals surface area contributed by atoms with Gasteiger partial charge in [0.2, 0.25) is 11.8 Å². The van der Waals surface area contributed by atoms with Crippen LogP contribution in [0.15, 0.2) is 83.6 Å². The largest absolute Gasteiger partial charge is 0.491 e. The van der Waals surface area contributed by atoms with E-state index >= 15 is 0 Å². The Morgan fingerprint density at radius 2 is 1.80 bits per heavy atom. The normalized spacial score (nSPS) is 15.3. The smallest absolute Gasteiger partial charge is 0.252 e. The maximum absolute atomic E-state index is 14.4. The van der Waals surface area contributed by atoms with Crippen molar-refractivity contribution in [3.63, 3.8) is 0 Å². The molecule has 1 amide bonds. The number of nitrogen functional groups attached to an aromatic ring is 1. The van der Waals surface area contributed by atoms with Gasteiger partial charge in [0.25, 0.3) is 5.91 Å². The molecule has 6 aromatic rings. The number of ether oxygens (including phenoxy) is 2. The molecule has 2 aromatic carbocycles. The van der Waals surface area contributed by atoms with Crippen LogP contribution < -0.4 is 20.7 Å². The summed E-state index contributed by atoms with van der Waals surface area (Å²) in [6, 6.07) is 21.2. The SMILES string of the molecule is COCCOc1ccc(N2CCC(NC(=O)C(C)(c3ccccc3)n3ncc4c3nc(N)n3nc(-c5ccco5)nc43)CC2)cc1. The lowest BCUT2D eigenvalue weighted by Gasteiger charge is -2.36. The van der Waals surface area contributed by atoms with E-state index in [1.54, 1.807) is 36.4 Å². The van der Waals surface area contributed by atoms with Gasteiger partial charge in [0.05, 0.1) is 24.5 Å². The van der Waals surface area contributed by atoms with Gasteiger partial charge in [-0.15, -0.1) is 5.10 Å². The highest BCUT2D eigenvalue weighted by atomic mass is 16.5. The summed E-state index contributed by atoms with van der Waals surface area (Å²) in [5.74, 6) is 1.63. The average molecular weight is 622 g/mol. The zero-order chi connectivity index (χ0) is 31.7. The minimum absolute atomic E-state index is 0.0117. The fourth-order valence-electron chi connectivity index (χ4n) is 5.96. The van der Waals surface area contributed by atoms with Gasteiger partial charge < -0.3 is 29.8 Å². The van der Waals surface area contributed by atoms with Gasteiger partial charge in [0, 0.05) is 31.9 Å². The molecule has 1 unspecified atom stereocenters. The van der Waals surface area contributed by atoms with Crippen LogP contribution in [0.4, 0.5) is 11.6 Å². The number of amides is 1. The van der Waals surface area contributed by atoms with Gasteiger partial charge in [0.1, 0.15) is 12.4 Å². The molecular weight excluding hydrogens is 586 g/mol. The number of methoxy groups -OCH3 is 1.